The number of carbonyl (C=O) groups is 2. The molecule has 0 radical (unpaired) electrons. The summed E-state index contributed by atoms with van der Waals surface area (Å²) in [5, 5.41) is 0. The highest BCUT2D eigenvalue weighted by molar-refractivity contribution is 6.00. The molecular formula is C21H26FN3O3. The molecule has 150 valence electrons. The number of H-pyrrole nitrogens is 1. The number of ether oxygens (including phenoxy) is 1. The van der Waals surface area contributed by atoms with Crippen molar-refractivity contribution >= 4 is 11.9 Å². The Balaban J connectivity index is 1.67. The Morgan fingerprint density at radius 2 is 1.82 bits per heavy atom. The van der Waals surface area contributed by atoms with Crippen molar-refractivity contribution in [3.63, 3.8) is 0 Å². The number of amides is 1. The van der Waals surface area contributed by atoms with Gasteiger partial charge >= 0.3 is 5.97 Å². The molecule has 7 heteroatoms. The van der Waals surface area contributed by atoms with Crippen LogP contribution in [0.5, 0.6) is 0 Å². The van der Waals surface area contributed by atoms with E-state index >= 15 is 0 Å². The summed E-state index contributed by atoms with van der Waals surface area (Å²) in [7, 11) is 1.33. The van der Waals surface area contributed by atoms with Gasteiger partial charge in [-0.3, -0.25) is 9.69 Å². The van der Waals surface area contributed by atoms with Crippen LogP contribution in [-0.4, -0.2) is 59.9 Å². The van der Waals surface area contributed by atoms with Crippen LogP contribution in [0.25, 0.3) is 0 Å². The van der Waals surface area contributed by atoms with Gasteiger partial charge in [-0.05, 0) is 43.5 Å². The Bertz CT molecular complexity index is 861. The smallest absolute Gasteiger partial charge is 0.339 e. The average Bonchev–Trinajstić information content (AvgIpc) is 2.84. The van der Waals surface area contributed by atoms with Crippen molar-refractivity contribution in [2.24, 2.45) is 0 Å². The Hall–Kier alpha value is -2.67. The van der Waals surface area contributed by atoms with Crippen molar-refractivity contribution < 1.29 is 18.7 Å². The number of nitrogens with zero attached hydrogens (tertiary/aromatic N) is 2. The van der Waals surface area contributed by atoms with E-state index in [-0.39, 0.29) is 11.7 Å². The zero-order chi connectivity index (χ0) is 20.3. The minimum absolute atomic E-state index is 0.0978. The molecule has 1 aromatic carbocycles. The minimum Gasteiger partial charge on any atom is -0.465 e. The maximum Gasteiger partial charge on any atom is 0.339 e. The zero-order valence-electron chi connectivity index (χ0n) is 16.5. The topological polar surface area (TPSA) is 65.6 Å². The van der Waals surface area contributed by atoms with E-state index in [9.17, 15) is 14.0 Å². The van der Waals surface area contributed by atoms with Gasteiger partial charge in [-0.1, -0.05) is 12.1 Å². The highest BCUT2D eigenvalue weighted by atomic mass is 19.1. The molecule has 0 spiro atoms. The molecule has 1 aliphatic rings. The summed E-state index contributed by atoms with van der Waals surface area (Å²) in [5.41, 5.74) is 3.20. The summed E-state index contributed by atoms with van der Waals surface area (Å²) < 4.78 is 17.9. The van der Waals surface area contributed by atoms with Crippen LogP contribution in [0.15, 0.2) is 24.3 Å². The van der Waals surface area contributed by atoms with Crippen LogP contribution in [0, 0.1) is 19.7 Å². The molecule has 0 aliphatic carbocycles. The molecule has 3 rings (SSSR count). The third-order valence-electron chi connectivity index (χ3n) is 5.24. The number of hydrogen-bond donors (Lipinski definition) is 1. The second-order valence-corrected chi connectivity index (χ2v) is 7.16. The Morgan fingerprint density at radius 3 is 2.50 bits per heavy atom. The van der Waals surface area contributed by atoms with E-state index in [0.717, 1.165) is 31.6 Å². The van der Waals surface area contributed by atoms with Gasteiger partial charge in [0.15, 0.2) is 0 Å². The summed E-state index contributed by atoms with van der Waals surface area (Å²) in [6, 6.07) is 6.53. The molecule has 0 unspecified atom stereocenters. The number of benzene rings is 1. The first-order valence-electron chi connectivity index (χ1n) is 9.44. The molecule has 28 heavy (non-hydrogen) atoms. The number of halogens is 1. The normalized spacial score (nSPS) is 15.4. The van der Waals surface area contributed by atoms with Crippen LogP contribution in [-0.2, 0) is 11.3 Å². The molecule has 0 bridgehead atoms. The fourth-order valence-corrected chi connectivity index (χ4v) is 3.71. The number of aromatic amines is 1. The lowest BCUT2D eigenvalue weighted by Gasteiger charge is -2.22. The van der Waals surface area contributed by atoms with Crippen LogP contribution >= 0.6 is 0 Å². The summed E-state index contributed by atoms with van der Waals surface area (Å²) in [6.07, 6.45) is 0.857. The number of methoxy groups -OCH3 is 1. The van der Waals surface area contributed by atoms with Crippen LogP contribution in [0.1, 0.15) is 44.1 Å². The first-order chi connectivity index (χ1) is 13.4. The Morgan fingerprint density at radius 1 is 1.11 bits per heavy atom. The highest BCUT2D eigenvalue weighted by Crippen LogP contribution is 2.21. The molecule has 1 aromatic heterocycles. The number of hydrogen-bond acceptors (Lipinski definition) is 4. The van der Waals surface area contributed by atoms with Gasteiger partial charge in [-0.2, -0.15) is 0 Å². The predicted octanol–water partition coefficient (Wildman–Crippen LogP) is 2.91. The molecule has 1 amide bonds. The summed E-state index contributed by atoms with van der Waals surface area (Å²) in [6.45, 7) is 7.14. The van der Waals surface area contributed by atoms with Crippen LogP contribution in [0.2, 0.25) is 0 Å². The van der Waals surface area contributed by atoms with Gasteiger partial charge in [0.05, 0.1) is 12.7 Å². The molecule has 0 atom stereocenters. The van der Waals surface area contributed by atoms with Gasteiger partial charge in [0.25, 0.3) is 5.91 Å². The molecule has 2 heterocycles. The van der Waals surface area contributed by atoms with Gasteiger partial charge in [0.2, 0.25) is 0 Å². The van der Waals surface area contributed by atoms with Crippen molar-refractivity contribution in [3.8, 4) is 0 Å². The maximum atomic E-state index is 13.1. The van der Waals surface area contributed by atoms with Gasteiger partial charge in [-0.15, -0.1) is 0 Å². The van der Waals surface area contributed by atoms with Gasteiger partial charge in [0.1, 0.15) is 11.5 Å². The fourth-order valence-electron chi connectivity index (χ4n) is 3.71. The number of aromatic nitrogens is 1. The molecular weight excluding hydrogens is 361 g/mol. The van der Waals surface area contributed by atoms with Gasteiger partial charge < -0.3 is 14.6 Å². The number of rotatable bonds is 4. The zero-order valence-corrected chi connectivity index (χ0v) is 16.5. The third kappa shape index (κ3) is 4.25. The Kier molecular flexibility index (Phi) is 6.14. The summed E-state index contributed by atoms with van der Waals surface area (Å²) in [4.78, 5) is 32.2. The first-order valence-corrected chi connectivity index (χ1v) is 9.44. The van der Waals surface area contributed by atoms with E-state index in [2.05, 4.69) is 9.88 Å². The lowest BCUT2D eigenvalue weighted by atomic mass is 10.1. The molecule has 2 aromatic rings. The molecule has 1 saturated heterocycles. The van der Waals surface area contributed by atoms with E-state index in [1.54, 1.807) is 26.0 Å². The van der Waals surface area contributed by atoms with Crippen molar-refractivity contribution in [2.45, 2.75) is 26.8 Å². The van der Waals surface area contributed by atoms with Crippen molar-refractivity contribution in [3.05, 3.63) is 58.2 Å². The van der Waals surface area contributed by atoms with Crippen molar-refractivity contribution in [1.82, 2.24) is 14.8 Å². The second kappa shape index (κ2) is 8.56. The lowest BCUT2D eigenvalue weighted by Crippen LogP contribution is -2.35. The standard InChI is InChI=1S/C21H26FN3O3/c1-14-18(21(27)28-3)15(2)23-19(14)20(26)25-10-4-9-24(11-12-25)13-16-5-7-17(22)8-6-16/h5-8,23H,4,9-13H2,1-3H3. The maximum absolute atomic E-state index is 13.1. The quantitative estimate of drug-likeness (QED) is 0.820. The predicted molar refractivity (Wildman–Crippen MR) is 104 cm³/mol. The van der Waals surface area contributed by atoms with E-state index in [1.165, 1.54) is 19.2 Å². The van der Waals surface area contributed by atoms with Crippen LogP contribution < -0.4 is 0 Å². The molecule has 6 nitrogen and oxygen atoms in total. The van der Waals surface area contributed by atoms with E-state index < -0.39 is 5.97 Å². The van der Waals surface area contributed by atoms with Crippen LogP contribution in [0.3, 0.4) is 0 Å². The van der Waals surface area contributed by atoms with E-state index in [1.807, 2.05) is 4.90 Å². The van der Waals surface area contributed by atoms with Gasteiger partial charge in [0, 0.05) is 38.4 Å². The van der Waals surface area contributed by atoms with E-state index in [4.69, 9.17) is 4.74 Å². The minimum atomic E-state index is -0.438. The molecule has 0 saturated carbocycles. The Labute approximate surface area is 164 Å². The van der Waals surface area contributed by atoms with Crippen molar-refractivity contribution in [2.75, 3.05) is 33.3 Å². The van der Waals surface area contributed by atoms with E-state index in [0.29, 0.717) is 35.6 Å². The lowest BCUT2D eigenvalue weighted by molar-refractivity contribution is 0.0599. The number of nitrogens with one attached hydrogen (secondary N) is 1. The van der Waals surface area contributed by atoms with Gasteiger partial charge in [-0.25, -0.2) is 9.18 Å². The largest absolute Gasteiger partial charge is 0.465 e. The number of carbonyl (C=O) groups excluding carboxylic acids is 2. The number of aryl methyl sites for hydroxylation is 1. The molecule has 1 fully saturated rings. The third-order valence-corrected chi connectivity index (χ3v) is 5.24. The SMILES string of the molecule is COC(=O)c1c(C)[nH]c(C(=O)N2CCCN(Cc3ccc(F)cc3)CC2)c1C. The molecule has 1 N–H and O–H groups in total. The summed E-state index contributed by atoms with van der Waals surface area (Å²) in [5.74, 6) is -0.773. The van der Waals surface area contributed by atoms with Crippen LogP contribution in [0.4, 0.5) is 4.39 Å². The first kappa shape index (κ1) is 20.1. The van der Waals surface area contributed by atoms with Crippen molar-refractivity contribution in [1.29, 1.82) is 0 Å². The highest BCUT2D eigenvalue weighted by Gasteiger charge is 2.27. The second-order valence-electron chi connectivity index (χ2n) is 7.16. The number of esters is 1. The molecule has 1 aliphatic heterocycles. The average molecular weight is 387 g/mol. The monoisotopic (exact) mass is 387 g/mol. The summed E-state index contributed by atoms with van der Waals surface area (Å²) >= 11 is 0. The fraction of sp³-hybridized carbons (Fsp3) is 0.429.